The molecule has 1 aromatic heterocycles. The highest BCUT2D eigenvalue weighted by Crippen LogP contribution is 2.32. The Balaban J connectivity index is 1.62. The van der Waals surface area contributed by atoms with Crippen molar-refractivity contribution in [2.75, 3.05) is 5.32 Å². The van der Waals surface area contributed by atoms with Crippen LogP contribution in [0.15, 0.2) is 22.9 Å². The Bertz CT molecular complexity index is 494. The van der Waals surface area contributed by atoms with Gasteiger partial charge in [-0.3, -0.25) is 9.78 Å². The average Bonchev–Trinajstić information content (AvgIpc) is 2.49. The number of piperidine rings is 1. The second-order valence-corrected chi connectivity index (χ2v) is 6.65. The largest absolute Gasteiger partial charge is 0.324 e. The molecule has 3 rings (SSSR count). The fourth-order valence-electron chi connectivity index (χ4n) is 3.40. The molecule has 0 bridgehead atoms. The number of rotatable bonds is 2. The molecule has 3 atom stereocenters. The fraction of sp³-hybridized carbons (Fsp3) is 0.600. The predicted octanol–water partition coefficient (Wildman–Crippen LogP) is 3.09. The summed E-state index contributed by atoms with van der Waals surface area (Å²) in [6.07, 6.45) is 10.7. The van der Waals surface area contributed by atoms with Crippen LogP contribution in [0.25, 0.3) is 0 Å². The van der Waals surface area contributed by atoms with E-state index in [-0.39, 0.29) is 11.9 Å². The topological polar surface area (TPSA) is 54.0 Å². The Morgan fingerprint density at radius 3 is 3.00 bits per heavy atom. The minimum Gasteiger partial charge on any atom is -0.324 e. The van der Waals surface area contributed by atoms with Crippen LogP contribution < -0.4 is 10.6 Å². The van der Waals surface area contributed by atoms with Gasteiger partial charge in [-0.1, -0.05) is 12.8 Å². The molecule has 2 N–H and O–H groups in total. The first kappa shape index (κ1) is 14.0. The van der Waals surface area contributed by atoms with Gasteiger partial charge in [-0.25, -0.2) is 0 Å². The molecule has 1 saturated heterocycles. The molecule has 3 unspecified atom stereocenters. The number of aromatic nitrogens is 1. The number of carbonyl (C=O) groups is 1. The number of hydrogen-bond donors (Lipinski definition) is 2. The summed E-state index contributed by atoms with van der Waals surface area (Å²) in [4.78, 5) is 16.4. The van der Waals surface area contributed by atoms with Gasteiger partial charge in [-0.05, 0) is 53.6 Å². The molecule has 0 spiro atoms. The third-order valence-corrected chi connectivity index (χ3v) is 5.13. The van der Waals surface area contributed by atoms with Gasteiger partial charge in [0.05, 0.1) is 16.2 Å². The Kier molecular flexibility index (Phi) is 4.36. The Labute approximate surface area is 127 Å². The number of anilines is 1. The monoisotopic (exact) mass is 337 g/mol. The second-order valence-electron chi connectivity index (χ2n) is 5.79. The van der Waals surface area contributed by atoms with Crippen molar-refractivity contribution in [2.24, 2.45) is 5.92 Å². The first-order valence-corrected chi connectivity index (χ1v) is 8.20. The van der Waals surface area contributed by atoms with Crippen LogP contribution in [0.5, 0.6) is 0 Å². The average molecular weight is 338 g/mol. The number of hydrogen-bond acceptors (Lipinski definition) is 3. The first-order chi connectivity index (χ1) is 9.74. The minimum absolute atomic E-state index is 0.0607. The van der Waals surface area contributed by atoms with Crippen molar-refractivity contribution < 1.29 is 4.79 Å². The van der Waals surface area contributed by atoms with Crippen LogP contribution in [-0.2, 0) is 4.79 Å². The van der Waals surface area contributed by atoms with Crippen LogP contribution in [0, 0.1) is 5.92 Å². The summed E-state index contributed by atoms with van der Waals surface area (Å²) in [6, 6.07) is 2.29. The Morgan fingerprint density at radius 2 is 2.15 bits per heavy atom. The lowest BCUT2D eigenvalue weighted by molar-refractivity contribution is -0.119. The summed E-state index contributed by atoms with van der Waals surface area (Å²) < 4.78 is 0.819. The van der Waals surface area contributed by atoms with E-state index >= 15 is 0 Å². The van der Waals surface area contributed by atoms with Gasteiger partial charge < -0.3 is 10.6 Å². The van der Waals surface area contributed by atoms with Crippen molar-refractivity contribution in [1.29, 1.82) is 0 Å². The van der Waals surface area contributed by atoms with Crippen LogP contribution in [0.3, 0.4) is 0 Å². The zero-order valence-electron chi connectivity index (χ0n) is 11.4. The van der Waals surface area contributed by atoms with Crippen LogP contribution in [0.2, 0.25) is 0 Å². The number of carbonyl (C=O) groups excluding carboxylic acids is 1. The van der Waals surface area contributed by atoms with Crippen molar-refractivity contribution in [3.05, 3.63) is 22.9 Å². The third-order valence-electron chi connectivity index (χ3n) is 4.50. The van der Waals surface area contributed by atoms with Crippen LogP contribution in [0.1, 0.15) is 38.5 Å². The minimum atomic E-state index is -0.0607. The highest BCUT2D eigenvalue weighted by atomic mass is 79.9. The molecule has 2 fully saturated rings. The van der Waals surface area contributed by atoms with Crippen molar-refractivity contribution in [3.63, 3.8) is 0 Å². The van der Waals surface area contributed by atoms with Gasteiger partial charge in [-0.2, -0.15) is 0 Å². The highest BCUT2D eigenvalue weighted by molar-refractivity contribution is 9.10. The van der Waals surface area contributed by atoms with Gasteiger partial charge in [0.25, 0.3) is 0 Å². The lowest BCUT2D eigenvalue weighted by Crippen LogP contribution is -2.53. The van der Waals surface area contributed by atoms with Gasteiger partial charge >= 0.3 is 0 Å². The molecule has 1 saturated carbocycles. The maximum Gasteiger partial charge on any atom is 0.241 e. The maximum atomic E-state index is 12.4. The summed E-state index contributed by atoms with van der Waals surface area (Å²) in [7, 11) is 0. The zero-order chi connectivity index (χ0) is 13.9. The van der Waals surface area contributed by atoms with E-state index in [0.29, 0.717) is 6.04 Å². The molecule has 2 heterocycles. The Morgan fingerprint density at radius 1 is 1.30 bits per heavy atom. The van der Waals surface area contributed by atoms with Gasteiger partial charge in [0, 0.05) is 18.4 Å². The summed E-state index contributed by atoms with van der Waals surface area (Å²) in [5.41, 5.74) is 0.789. The molecular weight excluding hydrogens is 318 g/mol. The normalized spacial score (nSPS) is 29.6. The zero-order valence-corrected chi connectivity index (χ0v) is 13.0. The lowest BCUT2D eigenvalue weighted by atomic mass is 9.77. The van der Waals surface area contributed by atoms with E-state index in [1.54, 1.807) is 12.4 Å². The van der Waals surface area contributed by atoms with Gasteiger partial charge in [0.2, 0.25) is 5.91 Å². The van der Waals surface area contributed by atoms with Gasteiger partial charge in [0.1, 0.15) is 0 Å². The molecule has 1 aliphatic carbocycles. The number of nitrogens with one attached hydrogen (secondary N) is 2. The van der Waals surface area contributed by atoms with Crippen LogP contribution >= 0.6 is 15.9 Å². The van der Waals surface area contributed by atoms with Crippen molar-refractivity contribution in [1.82, 2.24) is 10.3 Å². The number of amides is 1. The third kappa shape index (κ3) is 3.04. The van der Waals surface area contributed by atoms with Gasteiger partial charge in [-0.15, -0.1) is 0 Å². The van der Waals surface area contributed by atoms with Crippen molar-refractivity contribution >= 4 is 27.5 Å². The standard InChI is InChI=1S/C15H20BrN3O/c16-11-9-17-8-7-13(11)19-15(20)14-6-5-10-3-1-2-4-12(10)18-14/h7-10,12,14,18H,1-6H2,(H,17,19,20). The van der Waals surface area contributed by atoms with Crippen molar-refractivity contribution in [2.45, 2.75) is 50.6 Å². The molecule has 0 aromatic carbocycles. The van der Waals surface area contributed by atoms with Crippen molar-refractivity contribution in [3.8, 4) is 0 Å². The van der Waals surface area contributed by atoms with E-state index in [9.17, 15) is 4.79 Å². The van der Waals surface area contributed by atoms with Crippen LogP contribution in [-0.4, -0.2) is 23.0 Å². The molecule has 4 nitrogen and oxygen atoms in total. The van der Waals surface area contributed by atoms with E-state index in [2.05, 4.69) is 31.5 Å². The summed E-state index contributed by atoms with van der Waals surface area (Å²) in [5, 5.41) is 6.54. The molecule has 5 heteroatoms. The predicted molar refractivity (Wildman–Crippen MR) is 82.5 cm³/mol. The maximum absolute atomic E-state index is 12.4. The quantitative estimate of drug-likeness (QED) is 0.871. The van der Waals surface area contributed by atoms with E-state index in [0.717, 1.165) is 22.5 Å². The second kappa shape index (κ2) is 6.22. The number of halogens is 1. The number of fused-ring (bicyclic) bond motifs is 1. The van der Waals surface area contributed by atoms with E-state index in [1.165, 1.54) is 32.1 Å². The highest BCUT2D eigenvalue weighted by Gasteiger charge is 2.34. The van der Waals surface area contributed by atoms with E-state index in [4.69, 9.17) is 0 Å². The molecule has 1 aliphatic heterocycles. The summed E-state index contributed by atoms with van der Waals surface area (Å²) >= 11 is 3.41. The first-order valence-electron chi connectivity index (χ1n) is 7.40. The SMILES string of the molecule is O=C(Nc1ccncc1Br)C1CCC2CCCCC2N1. The number of pyridine rings is 1. The van der Waals surface area contributed by atoms with Crippen LogP contribution in [0.4, 0.5) is 5.69 Å². The number of nitrogens with zero attached hydrogens (tertiary/aromatic N) is 1. The lowest BCUT2D eigenvalue weighted by Gasteiger charge is -2.39. The summed E-state index contributed by atoms with van der Waals surface area (Å²) in [6.45, 7) is 0. The molecule has 20 heavy (non-hydrogen) atoms. The molecular formula is C15H20BrN3O. The molecule has 1 amide bonds. The van der Waals surface area contributed by atoms with E-state index in [1.807, 2.05) is 6.07 Å². The summed E-state index contributed by atoms with van der Waals surface area (Å²) in [5.74, 6) is 0.849. The molecule has 2 aliphatic rings. The smallest absolute Gasteiger partial charge is 0.241 e. The van der Waals surface area contributed by atoms with E-state index < -0.39 is 0 Å². The molecule has 1 aromatic rings. The molecule has 108 valence electrons. The Hall–Kier alpha value is -0.940. The molecule has 0 radical (unpaired) electrons. The fourth-order valence-corrected chi connectivity index (χ4v) is 3.75. The van der Waals surface area contributed by atoms with Gasteiger partial charge in [0.15, 0.2) is 0 Å².